The van der Waals surface area contributed by atoms with Gasteiger partial charge >= 0.3 is 0 Å². The van der Waals surface area contributed by atoms with Gasteiger partial charge in [0, 0.05) is 22.6 Å². The molecular formula is C22H25ClN4O2. The molecule has 3 rings (SSSR count). The number of nitrogens with zero attached hydrogens (tertiary/aromatic N) is 2. The van der Waals surface area contributed by atoms with Crippen LogP contribution in [-0.4, -0.2) is 24.2 Å². The van der Waals surface area contributed by atoms with Gasteiger partial charge in [-0.2, -0.15) is 4.98 Å². The molecule has 0 spiro atoms. The number of aromatic nitrogens is 2. The molecule has 0 saturated heterocycles. The van der Waals surface area contributed by atoms with E-state index in [1.54, 1.807) is 14.2 Å². The molecule has 0 aliphatic rings. The van der Waals surface area contributed by atoms with Crippen molar-refractivity contribution in [1.82, 2.24) is 9.97 Å². The molecule has 0 radical (unpaired) electrons. The maximum atomic E-state index is 6.28. The van der Waals surface area contributed by atoms with E-state index in [2.05, 4.69) is 23.8 Å². The lowest BCUT2D eigenvalue weighted by Crippen LogP contribution is -2.09. The molecule has 29 heavy (non-hydrogen) atoms. The van der Waals surface area contributed by atoms with Crippen LogP contribution >= 0.6 is 11.6 Å². The number of benzene rings is 2. The molecule has 1 heterocycles. The molecule has 0 unspecified atom stereocenters. The van der Waals surface area contributed by atoms with E-state index in [0.717, 1.165) is 22.3 Å². The van der Waals surface area contributed by atoms with Gasteiger partial charge in [-0.3, -0.25) is 0 Å². The molecule has 3 aromatic rings. The summed E-state index contributed by atoms with van der Waals surface area (Å²) in [4.78, 5) is 8.66. The summed E-state index contributed by atoms with van der Waals surface area (Å²) in [7, 11) is 3.25. The van der Waals surface area contributed by atoms with Gasteiger partial charge in [-0.05, 0) is 41.3 Å². The highest BCUT2D eigenvalue weighted by atomic mass is 35.5. The van der Waals surface area contributed by atoms with Crippen molar-refractivity contribution in [3.63, 3.8) is 0 Å². The second-order valence-corrected chi connectivity index (χ2v) is 7.48. The zero-order chi connectivity index (χ0) is 21.1. The van der Waals surface area contributed by atoms with Gasteiger partial charge in [0.15, 0.2) is 11.5 Å². The van der Waals surface area contributed by atoms with Crippen LogP contribution in [0.2, 0.25) is 5.02 Å². The van der Waals surface area contributed by atoms with Crippen LogP contribution in [0.1, 0.15) is 36.5 Å². The topological polar surface area (TPSA) is 96.3 Å². The highest BCUT2D eigenvalue weighted by Gasteiger charge is 2.19. The Hall–Kier alpha value is -2.99. The normalized spacial score (nSPS) is 11.0. The maximum absolute atomic E-state index is 6.28. The minimum atomic E-state index is 0.132. The summed E-state index contributed by atoms with van der Waals surface area (Å²) in [5.41, 5.74) is 16.7. The quantitative estimate of drug-likeness (QED) is 0.609. The van der Waals surface area contributed by atoms with Crippen LogP contribution in [-0.2, 0) is 6.42 Å². The highest BCUT2D eigenvalue weighted by molar-refractivity contribution is 6.30. The van der Waals surface area contributed by atoms with Crippen LogP contribution in [0.5, 0.6) is 11.5 Å². The predicted molar refractivity (Wildman–Crippen MR) is 118 cm³/mol. The second kappa shape index (κ2) is 8.57. The third-order valence-corrected chi connectivity index (χ3v) is 5.06. The first-order valence-corrected chi connectivity index (χ1v) is 9.64. The van der Waals surface area contributed by atoms with Gasteiger partial charge in [0.25, 0.3) is 0 Å². The first kappa shape index (κ1) is 20.7. The molecule has 0 bridgehead atoms. The van der Waals surface area contributed by atoms with Crippen molar-refractivity contribution < 1.29 is 9.47 Å². The van der Waals surface area contributed by atoms with E-state index in [4.69, 9.17) is 32.5 Å². The summed E-state index contributed by atoms with van der Waals surface area (Å²) in [6, 6.07) is 11.4. The van der Waals surface area contributed by atoms with E-state index >= 15 is 0 Å². The number of rotatable bonds is 6. The first-order chi connectivity index (χ1) is 13.8. The summed E-state index contributed by atoms with van der Waals surface area (Å²) in [6.45, 7) is 4.27. The van der Waals surface area contributed by atoms with Crippen molar-refractivity contribution in [1.29, 1.82) is 0 Å². The summed E-state index contributed by atoms with van der Waals surface area (Å²) in [5, 5.41) is 0.646. The van der Waals surface area contributed by atoms with Crippen molar-refractivity contribution in [3.8, 4) is 22.8 Å². The smallest absolute Gasteiger partial charge is 0.222 e. The molecule has 4 N–H and O–H groups in total. The lowest BCUT2D eigenvalue weighted by atomic mass is 9.91. The Morgan fingerprint density at radius 1 is 0.966 bits per heavy atom. The zero-order valence-electron chi connectivity index (χ0n) is 17.0. The van der Waals surface area contributed by atoms with Crippen LogP contribution in [0, 0.1) is 0 Å². The monoisotopic (exact) mass is 412 g/mol. The average molecular weight is 413 g/mol. The van der Waals surface area contributed by atoms with Crippen LogP contribution in [0.3, 0.4) is 0 Å². The van der Waals surface area contributed by atoms with Crippen LogP contribution < -0.4 is 20.9 Å². The zero-order valence-corrected chi connectivity index (χ0v) is 17.7. The second-order valence-electron chi connectivity index (χ2n) is 7.04. The van der Waals surface area contributed by atoms with E-state index in [0.29, 0.717) is 34.5 Å². The molecule has 0 atom stereocenters. The SMILES string of the molecule is COc1cc(Cc2c(N)nc(N)nc2-c2ccc(Cl)cc2)c(C(C)C)cc1OC. The maximum Gasteiger partial charge on any atom is 0.222 e. The number of hydrogen-bond donors (Lipinski definition) is 2. The number of halogens is 1. The molecule has 0 fully saturated rings. The van der Waals surface area contributed by atoms with Gasteiger partial charge in [-0.1, -0.05) is 37.6 Å². The number of methoxy groups -OCH3 is 2. The van der Waals surface area contributed by atoms with Crippen LogP contribution in [0.15, 0.2) is 36.4 Å². The minimum absolute atomic E-state index is 0.132. The Kier molecular flexibility index (Phi) is 6.13. The molecule has 1 aromatic heterocycles. The van der Waals surface area contributed by atoms with E-state index in [1.807, 2.05) is 36.4 Å². The van der Waals surface area contributed by atoms with Crippen molar-refractivity contribution in [2.45, 2.75) is 26.2 Å². The lowest BCUT2D eigenvalue weighted by molar-refractivity contribution is 0.354. The Morgan fingerprint density at radius 2 is 1.59 bits per heavy atom. The third kappa shape index (κ3) is 4.38. The van der Waals surface area contributed by atoms with Gasteiger partial charge < -0.3 is 20.9 Å². The van der Waals surface area contributed by atoms with E-state index in [-0.39, 0.29) is 11.9 Å². The highest BCUT2D eigenvalue weighted by Crippen LogP contribution is 2.37. The number of nitrogen functional groups attached to an aromatic ring is 2. The Balaban J connectivity index is 2.17. The fourth-order valence-corrected chi connectivity index (χ4v) is 3.48. The minimum Gasteiger partial charge on any atom is -0.493 e. The molecule has 0 aliphatic carbocycles. The molecule has 0 saturated carbocycles. The molecule has 7 heteroatoms. The summed E-state index contributed by atoms with van der Waals surface area (Å²) in [6.07, 6.45) is 0.526. The lowest BCUT2D eigenvalue weighted by Gasteiger charge is -2.19. The summed E-state index contributed by atoms with van der Waals surface area (Å²) < 4.78 is 11.0. The van der Waals surface area contributed by atoms with Crippen LogP contribution in [0.25, 0.3) is 11.3 Å². The molecule has 0 aliphatic heterocycles. The Labute approximate surface area is 175 Å². The van der Waals surface area contributed by atoms with Gasteiger partial charge in [-0.15, -0.1) is 0 Å². The standard InChI is InChI=1S/C22H25ClN4O2/c1-12(2)16-11-19(29-4)18(28-3)10-14(16)9-17-20(26-22(25)27-21(17)24)13-5-7-15(23)8-6-13/h5-8,10-12H,9H2,1-4H3,(H4,24,25,26,27). The van der Waals surface area contributed by atoms with Gasteiger partial charge in [-0.25, -0.2) is 4.98 Å². The van der Waals surface area contributed by atoms with Gasteiger partial charge in [0.05, 0.1) is 19.9 Å². The molecule has 152 valence electrons. The molecule has 0 amide bonds. The Bertz CT molecular complexity index is 1020. The summed E-state index contributed by atoms with van der Waals surface area (Å²) in [5.74, 6) is 2.12. The average Bonchev–Trinajstić information content (AvgIpc) is 2.69. The van der Waals surface area contributed by atoms with Gasteiger partial charge in [0.1, 0.15) is 5.82 Å². The third-order valence-electron chi connectivity index (χ3n) is 4.81. The van der Waals surface area contributed by atoms with Crippen molar-refractivity contribution in [2.75, 3.05) is 25.7 Å². The number of anilines is 2. The van der Waals surface area contributed by atoms with Crippen LogP contribution in [0.4, 0.5) is 11.8 Å². The van der Waals surface area contributed by atoms with E-state index in [9.17, 15) is 0 Å². The number of nitrogens with two attached hydrogens (primary N) is 2. The van der Waals surface area contributed by atoms with Crippen molar-refractivity contribution in [3.05, 3.63) is 58.1 Å². The van der Waals surface area contributed by atoms with E-state index in [1.165, 1.54) is 0 Å². The largest absolute Gasteiger partial charge is 0.493 e. The molecular weight excluding hydrogens is 388 g/mol. The summed E-state index contributed by atoms with van der Waals surface area (Å²) >= 11 is 6.04. The first-order valence-electron chi connectivity index (χ1n) is 9.26. The Morgan fingerprint density at radius 3 is 2.17 bits per heavy atom. The number of hydrogen-bond acceptors (Lipinski definition) is 6. The fraction of sp³-hybridized carbons (Fsp3) is 0.273. The molecule has 2 aromatic carbocycles. The van der Waals surface area contributed by atoms with Crippen molar-refractivity contribution in [2.24, 2.45) is 0 Å². The predicted octanol–water partition coefficient (Wildman–Crippen LogP) is 4.69. The van der Waals surface area contributed by atoms with Crippen molar-refractivity contribution >= 4 is 23.4 Å². The molecule has 6 nitrogen and oxygen atoms in total. The van der Waals surface area contributed by atoms with Gasteiger partial charge in [0.2, 0.25) is 5.95 Å². The fourth-order valence-electron chi connectivity index (χ4n) is 3.36. The number of ether oxygens (including phenoxy) is 2. The van der Waals surface area contributed by atoms with E-state index < -0.39 is 0 Å².